The number of hydrogen-bond donors (Lipinski definition) is 0. The number of aryl methyl sites for hydroxylation is 1. The lowest BCUT2D eigenvalue weighted by Gasteiger charge is -2.08. The number of Topliss-reactive ketones (excluding diaryl/α,β-unsaturated/α-hetero) is 1. The van der Waals surface area contributed by atoms with Crippen LogP contribution in [0.4, 0.5) is 0 Å². The van der Waals surface area contributed by atoms with Crippen molar-refractivity contribution in [1.29, 1.82) is 0 Å². The molecule has 0 N–H and O–H groups in total. The Balaban J connectivity index is 1.89. The zero-order valence-corrected chi connectivity index (χ0v) is 13.4. The Morgan fingerprint density at radius 1 is 1.35 bits per heavy atom. The van der Waals surface area contributed by atoms with Gasteiger partial charge in [-0.05, 0) is 36.1 Å². The van der Waals surface area contributed by atoms with Crippen LogP contribution in [0.1, 0.15) is 24.5 Å². The third-order valence-corrected chi connectivity index (χ3v) is 4.38. The first-order chi connectivity index (χ1) is 9.67. The van der Waals surface area contributed by atoms with E-state index >= 15 is 0 Å². The standard InChI is InChI=1S/C17H15IO2/c1-2-11-3-5-12(6-4-11)9-16-17(19)14-10-13(18)7-8-15(14)20-16/h3-6,8-10,13H,2,7H2,1H3/b16-9-. The molecule has 0 aromatic heterocycles. The van der Waals surface area contributed by atoms with Gasteiger partial charge in [0.05, 0.1) is 5.57 Å². The van der Waals surface area contributed by atoms with E-state index in [1.165, 1.54) is 5.56 Å². The van der Waals surface area contributed by atoms with Gasteiger partial charge in [0, 0.05) is 3.92 Å². The van der Waals surface area contributed by atoms with E-state index in [0.29, 0.717) is 15.3 Å². The quantitative estimate of drug-likeness (QED) is 0.438. The smallest absolute Gasteiger partial charge is 0.231 e. The van der Waals surface area contributed by atoms with Crippen LogP contribution < -0.4 is 0 Å². The molecule has 1 saturated heterocycles. The third-order valence-electron chi connectivity index (χ3n) is 3.52. The molecule has 1 atom stereocenters. The summed E-state index contributed by atoms with van der Waals surface area (Å²) in [6.45, 7) is 2.13. The van der Waals surface area contributed by atoms with Gasteiger partial charge in [-0.25, -0.2) is 0 Å². The summed E-state index contributed by atoms with van der Waals surface area (Å²) < 4.78 is 6.06. The highest BCUT2D eigenvalue weighted by atomic mass is 127. The number of ketones is 1. The maximum atomic E-state index is 12.3. The van der Waals surface area contributed by atoms with Crippen LogP contribution in [-0.4, -0.2) is 9.71 Å². The number of hydrogen-bond acceptors (Lipinski definition) is 2. The van der Waals surface area contributed by atoms with Crippen LogP contribution in [0.3, 0.4) is 0 Å². The number of alkyl halides is 1. The van der Waals surface area contributed by atoms with Gasteiger partial charge in [0.1, 0.15) is 5.76 Å². The molecule has 0 radical (unpaired) electrons. The summed E-state index contributed by atoms with van der Waals surface area (Å²) >= 11 is 2.33. The van der Waals surface area contributed by atoms with E-state index < -0.39 is 0 Å². The lowest BCUT2D eigenvalue weighted by molar-refractivity contribution is -0.112. The maximum absolute atomic E-state index is 12.3. The molecule has 0 saturated carbocycles. The predicted molar refractivity (Wildman–Crippen MR) is 88.5 cm³/mol. The van der Waals surface area contributed by atoms with Gasteiger partial charge in [0.2, 0.25) is 5.78 Å². The van der Waals surface area contributed by atoms with Gasteiger partial charge >= 0.3 is 0 Å². The molecule has 1 aliphatic heterocycles. The first-order valence-corrected chi connectivity index (χ1v) is 8.01. The molecule has 1 aromatic rings. The molecule has 0 spiro atoms. The summed E-state index contributed by atoms with van der Waals surface area (Å²) in [7, 11) is 0. The fraction of sp³-hybridized carbons (Fsp3) is 0.235. The first-order valence-electron chi connectivity index (χ1n) is 6.77. The summed E-state index contributed by atoms with van der Waals surface area (Å²) in [6.07, 6.45) is 7.77. The summed E-state index contributed by atoms with van der Waals surface area (Å²) in [6, 6.07) is 8.21. The van der Waals surface area contributed by atoms with Crippen molar-refractivity contribution in [3.8, 4) is 0 Å². The van der Waals surface area contributed by atoms with Crippen molar-refractivity contribution in [2.24, 2.45) is 0 Å². The highest BCUT2D eigenvalue weighted by Crippen LogP contribution is 2.35. The summed E-state index contributed by atoms with van der Waals surface area (Å²) in [5.41, 5.74) is 3.00. The number of fused-ring (bicyclic) bond motifs is 1. The molecule has 1 aromatic carbocycles. The number of carbonyl (C=O) groups excluding carboxylic acids is 1. The molecule has 1 heterocycles. The Morgan fingerprint density at radius 3 is 2.80 bits per heavy atom. The third kappa shape index (κ3) is 2.59. The van der Waals surface area contributed by atoms with Gasteiger partial charge < -0.3 is 4.74 Å². The van der Waals surface area contributed by atoms with E-state index in [9.17, 15) is 4.79 Å². The van der Waals surface area contributed by atoms with Crippen molar-refractivity contribution in [3.05, 3.63) is 64.6 Å². The van der Waals surface area contributed by atoms with E-state index in [-0.39, 0.29) is 5.78 Å². The zero-order valence-electron chi connectivity index (χ0n) is 11.2. The van der Waals surface area contributed by atoms with Crippen molar-refractivity contribution >= 4 is 34.5 Å². The average Bonchev–Trinajstić information content (AvgIpc) is 2.76. The summed E-state index contributed by atoms with van der Waals surface area (Å²) in [5, 5.41) is 0. The lowest BCUT2D eigenvalue weighted by atomic mass is 10.0. The Bertz CT molecular complexity index is 635. The van der Waals surface area contributed by atoms with Gasteiger partial charge in [0.25, 0.3) is 0 Å². The zero-order chi connectivity index (χ0) is 14.1. The molecular weight excluding hydrogens is 363 g/mol. The molecule has 1 aliphatic carbocycles. The molecule has 20 heavy (non-hydrogen) atoms. The van der Waals surface area contributed by atoms with Crippen LogP contribution in [-0.2, 0) is 16.0 Å². The Kier molecular flexibility index (Phi) is 3.78. The number of allylic oxidation sites excluding steroid dienone is 4. The molecule has 3 heteroatoms. The van der Waals surface area contributed by atoms with E-state index in [0.717, 1.165) is 24.2 Å². The second-order valence-corrected chi connectivity index (χ2v) is 6.54. The predicted octanol–water partition coefficient (Wildman–Crippen LogP) is 4.21. The minimum absolute atomic E-state index is 0.00261. The highest BCUT2D eigenvalue weighted by molar-refractivity contribution is 14.1. The number of ether oxygens (including phenoxy) is 1. The Hall–Kier alpha value is -1.36. The maximum Gasteiger partial charge on any atom is 0.231 e. The van der Waals surface area contributed by atoms with E-state index in [2.05, 4.69) is 41.6 Å². The fourth-order valence-electron chi connectivity index (χ4n) is 2.34. The molecule has 1 unspecified atom stereocenters. The molecular formula is C17H15IO2. The minimum Gasteiger partial charge on any atom is -0.453 e. The molecule has 2 nitrogen and oxygen atoms in total. The summed E-state index contributed by atoms with van der Waals surface area (Å²) in [4.78, 5) is 12.3. The van der Waals surface area contributed by atoms with Crippen LogP contribution in [0, 0.1) is 0 Å². The first kappa shape index (κ1) is 13.6. The molecule has 0 bridgehead atoms. The van der Waals surface area contributed by atoms with Crippen LogP contribution in [0.5, 0.6) is 0 Å². The average molecular weight is 378 g/mol. The van der Waals surface area contributed by atoms with Gasteiger partial charge in [-0.1, -0.05) is 59.9 Å². The molecule has 2 aliphatic rings. The van der Waals surface area contributed by atoms with Gasteiger partial charge in [0.15, 0.2) is 5.76 Å². The number of halogens is 1. The van der Waals surface area contributed by atoms with Crippen molar-refractivity contribution in [1.82, 2.24) is 0 Å². The monoisotopic (exact) mass is 378 g/mol. The normalized spacial score (nSPS) is 23.2. The van der Waals surface area contributed by atoms with Crippen molar-refractivity contribution in [3.63, 3.8) is 0 Å². The Morgan fingerprint density at radius 2 is 2.10 bits per heavy atom. The molecule has 3 rings (SSSR count). The van der Waals surface area contributed by atoms with Crippen molar-refractivity contribution < 1.29 is 9.53 Å². The number of benzene rings is 1. The van der Waals surface area contributed by atoms with Crippen LogP contribution in [0.25, 0.3) is 6.08 Å². The van der Waals surface area contributed by atoms with Crippen molar-refractivity contribution in [2.75, 3.05) is 0 Å². The molecule has 1 fully saturated rings. The minimum atomic E-state index is -0.00261. The van der Waals surface area contributed by atoms with E-state index in [1.807, 2.05) is 30.4 Å². The topological polar surface area (TPSA) is 26.3 Å². The van der Waals surface area contributed by atoms with E-state index in [1.54, 1.807) is 0 Å². The van der Waals surface area contributed by atoms with E-state index in [4.69, 9.17) is 4.74 Å². The molecule has 102 valence electrons. The van der Waals surface area contributed by atoms with Crippen molar-refractivity contribution in [2.45, 2.75) is 23.7 Å². The molecule has 0 amide bonds. The SMILES string of the molecule is CCc1ccc(/C=C2\OC3=CCC(I)C=C3C2=O)cc1. The fourth-order valence-corrected chi connectivity index (χ4v) is 2.95. The Labute approximate surface area is 132 Å². The second kappa shape index (κ2) is 5.56. The summed E-state index contributed by atoms with van der Waals surface area (Å²) in [5.74, 6) is 1.15. The van der Waals surface area contributed by atoms with Crippen LogP contribution >= 0.6 is 22.6 Å². The van der Waals surface area contributed by atoms with Gasteiger partial charge in [-0.3, -0.25) is 4.79 Å². The van der Waals surface area contributed by atoms with Gasteiger partial charge in [-0.2, -0.15) is 0 Å². The lowest BCUT2D eigenvalue weighted by Crippen LogP contribution is -2.04. The van der Waals surface area contributed by atoms with Crippen LogP contribution in [0.2, 0.25) is 0 Å². The largest absolute Gasteiger partial charge is 0.453 e. The second-order valence-electron chi connectivity index (χ2n) is 4.94. The van der Waals surface area contributed by atoms with Crippen LogP contribution in [0.15, 0.2) is 53.5 Å². The highest BCUT2D eigenvalue weighted by Gasteiger charge is 2.32. The number of rotatable bonds is 2. The number of carbonyl (C=O) groups is 1. The van der Waals surface area contributed by atoms with Gasteiger partial charge in [-0.15, -0.1) is 0 Å².